The SMILES string of the molecule is CC(N)C1CCCCN1S(=O)(=O)c1cc(Br)c(F)cc1F.Cl. The zero-order valence-electron chi connectivity index (χ0n) is 11.9. The van der Waals surface area contributed by atoms with Crippen molar-refractivity contribution in [3.05, 3.63) is 28.2 Å². The van der Waals surface area contributed by atoms with Gasteiger partial charge in [0, 0.05) is 24.7 Å². The van der Waals surface area contributed by atoms with E-state index in [0.717, 1.165) is 12.5 Å². The van der Waals surface area contributed by atoms with Crippen molar-refractivity contribution in [3.63, 3.8) is 0 Å². The third-order valence-corrected chi connectivity index (χ3v) is 6.21. The summed E-state index contributed by atoms with van der Waals surface area (Å²) < 4.78 is 53.7. The Balaban J connectivity index is 0.00000242. The van der Waals surface area contributed by atoms with Gasteiger partial charge in [-0.25, -0.2) is 17.2 Å². The predicted octanol–water partition coefficient (Wildman–Crippen LogP) is 3.04. The molecule has 2 N–H and O–H groups in total. The fourth-order valence-corrected chi connectivity index (χ4v) is 4.93. The summed E-state index contributed by atoms with van der Waals surface area (Å²) in [6.07, 6.45) is 2.22. The van der Waals surface area contributed by atoms with Crippen LogP contribution in [-0.4, -0.2) is 31.4 Å². The van der Waals surface area contributed by atoms with Crippen LogP contribution in [0.5, 0.6) is 0 Å². The monoisotopic (exact) mass is 418 g/mol. The van der Waals surface area contributed by atoms with Crippen molar-refractivity contribution in [2.75, 3.05) is 6.54 Å². The lowest BCUT2D eigenvalue weighted by Crippen LogP contribution is -2.51. The molecular formula is C13H18BrClF2N2O2S. The number of hydrogen-bond acceptors (Lipinski definition) is 3. The van der Waals surface area contributed by atoms with Gasteiger partial charge in [0.2, 0.25) is 10.0 Å². The van der Waals surface area contributed by atoms with Crippen molar-refractivity contribution in [1.82, 2.24) is 4.31 Å². The van der Waals surface area contributed by atoms with Crippen molar-refractivity contribution in [2.24, 2.45) is 5.73 Å². The van der Waals surface area contributed by atoms with E-state index in [1.165, 1.54) is 4.31 Å². The van der Waals surface area contributed by atoms with Gasteiger partial charge in [-0.3, -0.25) is 0 Å². The highest BCUT2D eigenvalue weighted by Gasteiger charge is 2.37. The standard InChI is InChI=1S/C13H17BrF2N2O2S.ClH/c1-8(17)12-4-2-3-5-18(12)21(19,20)13-6-9(14)10(15)7-11(13)16;/h6-8,12H,2-5,17H2,1H3;1H. The molecule has 1 aliphatic heterocycles. The minimum absolute atomic E-state index is 0. The van der Waals surface area contributed by atoms with Crippen molar-refractivity contribution in [2.45, 2.75) is 43.2 Å². The molecule has 0 aromatic heterocycles. The van der Waals surface area contributed by atoms with Crippen molar-refractivity contribution >= 4 is 38.4 Å². The summed E-state index contributed by atoms with van der Waals surface area (Å²) in [6.45, 7) is 2.03. The Morgan fingerprint density at radius 3 is 2.55 bits per heavy atom. The van der Waals surface area contributed by atoms with Gasteiger partial charge in [-0.2, -0.15) is 4.31 Å². The van der Waals surface area contributed by atoms with Gasteiger partial charge in [0.1, 0.15) is 16.5 Å². The summed E-state index contributed by atoms with van der Waals surface area (Å²) in [4.78, 5) is -0.525. The minimum atomic E-state index is -4.04. The number of sulfonamides is 1. The Morgan fingerprint density at radius 1 is 1.32 bits per heavy atom. The number of benzene rings is 1. The number of rotatable bonds is 3. The fraction of sp³-hybridized carbons (Fsp3) is 0.538. The molecule has 4 nitrogen and oxygen atoms in total. The number of piperidine rings is 1. The maximum Gasteiger partial charge on any atom is 0.246 e. The van der Waals surface area contributed by atoms with Crippen LogP contribution in [0.15, 0.2) is 21.5 Å². The van der Waals surface area contributed by atoms with Crippen LogP contribution in [0, 0.1) is 11.6 Å². The van der Waals surface area contributed by atoms with Gasteiger partial charge in [0.05, 0.1) is 4.47 Å². The van der Waals surface area contributed by atoms with Crippen LogP contribution in [0.2, 0.25) is 0 Å². The summed E-state index contributed by atoms with van der Waals surface area (Å²) >= 11 is 2.89. The van der Waals surface area contributed by atoms with E-state index in [4.69, 9.17) is 5.73 Å². The molecule has 1 heterocycles. The molecule has 0 spiro atoms. The third kappa shape index (κ3) is 3.79. The van der Waals surface area contributed by atoms with E-state index in [1.54, 1.807) is 6.92 Å². The largest absolute Gasteiger partial charge is 0.326 e. The van der Waals surface area contributed by atoms with Crippen LogP contribution in [-0.2, 0) is 10.0 Å². The van der Waals surface area contributed by atoms with Crippen LogP contribution in [0.4, 0.5) is 8.78 Å². The second-order valence-corrected chi connectivity index (χ2v) is 7.95. The highest BCUT2D eigenvalue weighted by molar-refractivity contribution is 9.10. The van der Waals surface area contributed by atoms with Gasteiger partial charge in [0.25, 0.3) is 0 Å². The van der Waals surface area contributed by atoms with Crippen LogP contribution >= 0.6 is 28.3 Å². The molecule has 1 aliphatic rings. The highest BCUT2D eigenvalue weighted by atomic mass is 79.9. The van der Waals surface area contributed by atoms with Crippen molar-refractivity contribution < 1.29 is 17.2 Å². The zero-order valence-corrected chi connectivity index (χ0v) is 15.1. The average molecular weight is 420 g/mol. The zero-order chi connectivity index (χ0) is 15.8. The number of nitrogens with zero attached hydrogens (tertiary/aromatic N) is 1. The lowest BCUT2D eigenvalue weighted by atomic mass is 10.00. The van der Waals surface area contributed by atoms with E-state index >= 15 is 0 Å². The highest BCUT2D eigenvalue weighted by Crippen LogP contribution is 2.30. The molecule has 0 amide bonds. The van der Waals surface area contributed by atoms with E-state index in [9.17, 15) is 17.2 Å². The van der Waals surface area contributed by atoms with Gasteiger partial charge in [-0.1, -0.05) is 6.42 Å². The molecule has 1 saturated heterocycles. The number of halogens is 4. The summed E-state index contributed by atoms with van der Waals surface area (Å²) in [6, 6.07) is 0.813. The first-order valence-corrected chi connectivity index (χ1v) is 8.90. The van der Waals surface area contributed by atoms with E-state index in [-0.39, 0.29) is 29.0 Å². The Labute approximate surface area is 143 Å². The summed E-state index contributed by atoms with van der Waals surface area (Å²) in [5.74, 6) is -1.93. The molecule has 1 aromatic carbocycles. The van der Waals surface area contributed by atoms with Crippen molar-refractivity contribution in [1.29, 1.82) is 0 Å². The van der Waals surface area contributed by atoms with Gasteiger partial charge in [-0.05, 0) is 41.8 Å². The first kappa shape index (κ1) is 19.8. The molecule has 22 heavy (non-hydrogen) atoms. The van der Waals surface area contributed by atoms with E-state index in [1.807, 2.05) is 0 Å². The first-order chi connectivity index (χ1) is 9.75. The molecule has 2 rings (SSSR count). The topological polar surface area (TPSA) is 63.4 Å². The molecule has 0 radical (unpaired) electrons. The number of hydrogen-bond donors (Lipinski definition) is 1. The van der Waals surface area contributed by atoms with Gasteiger partial charge in [0.15, 0.2) is 0 Å². The molecule has 0 bridgehead atoms. The van der Waals surface area contributed by atoms with Gasteiger partial charge < -0.3 is 5.73 Å². The van der Waals surface area contributed by atoms with Crippen LogP contribution < -0.4 is 5.73 Å². The van der Waals surface area contributed by atoms with Crippen LogP contribution in [0.1, 0.15) is 26.2 Å². The van der Waals surface area contributed by atoms with Crippen LogP contribution in [0.25, 0.3) is 0 Å². The Bertz CT molecular complexity index is 643. The summed E-state index contributed by atoms with van der Waals surface area (Å²) in [5, 5.41) is 0. The fourth-order valence-electron chi connectivity index (χ4n) is 2.58. The molecular weight excluding hydrogens is 402 g/mol. The lowest BCUT2D eigenvalue weighted by molar-refractivity contribution is 0.226. The molecule has 126 valence electrons. The maximum absolute atomic E-state index is 13.9. The summed E-state index contributed by atoms with van der Waals surface area (Å²) in [7, 11) is -4.04. The minimum Gasteiger partial charge on any atom is -0.326 e. The second kappa shape index (κ2) is 7.53. The lowest BCUT2D eigenvalue weighted by Gasteiger charge is -2.36. The Hall–Kier alpha value is -0.280. The molecule has 0 aliphatic carbocycles. The Kier molecular flexibility index (Phi) is 6.76. The molecule has 2 unspecified atom stereocenters. The molecule has 1 fully saturated rings. The average Bonchev–Trinajstić information content (AvgIpc) is 2.42. The molecule has 9 heteroatoms. The maximum atomic E-state index is 13.9. The first-order valence-electron chi connectivity index (χ1n) is 6.67. The smallest absolute Gasteiger partial charge is 0.246 e. The molecule has 1 aromatic rings. The van der Waals surface area contributed by atoms with E-state index < -0.39 is 26.6 Å². The normalized spacial score (nSPS) is 21.2. The third-order valence-electron chi connectivity index (χ3n) is 3.67. The van der Waals surface area contributed by atoms with Crippen LogP contribution in [0.3, 0.4) is 0 Å². The van der Waals surface area contributed by atoms with Gasteiger partial charge >= 0.3 is 0 Å². The Morgan fingerprint density at radius 2 is 1.95 bits per heavy atom. The molecule has 2 atom stereocenters. The van der Waals surface area contributed by atoms with E-state index in [2.05, 4.69) is 15.9 Å². The summed E-state index contributed by atoms with van der Waals surface area (Å²) in [5.41, 5.74) is 5.86. The van der Waals surface area contributed by atoms with Crippen molar-refractivity contribution in [3.8, 4) is 0 Å². The van der Waals surface area contributed by atoms with Gasteiger partial charge in [-0.15, -0.1) is 12.4 Å². The number of nitrogens with two attached hydrogens (primary N) is 1. The quantitative estimate of drug-likeness (QED) is 0.766. The molecule has 0 saturated carbocycles. The predicted molar refractivity (Wildman–Crippen MR) is 86.5 cm³/mol. The van der Waals surface area contributed by atoms with E-state index in [0.29, 0.717) is 25.5 Å². The second-order valence-electron chi connectivity index (χ2n) is 5.23.